The molecule has 7 heavy (non-hydrogen) atoms. The fourth-order valence-electron chi connectivity index (χ4n) is 0.327. The van der Waals surface area contributed by atoms with Gasteiger partial charge in [0.2, 0.25) is 0 Å². The molecule has 0 saturated carbocycles. The molecule has 0 N–H and O–H groups in total. The Kier molecular flexibility index (Phi) is 3.01. The van der Waals surface area contributed by atoms with E-state index in [0.29, 0.717) is 6.67 Å². The van der Waals surface area contributed by atoms with Gasteiger partial charge in [0.05, 0.1) is 0 Å². The summed E-state index contributed by atoms with van der Waals surface area (Å²) in [5.41, 5.74) is 0. The SMILES string of the molecule is C[N+]1=NCN=C1.[Pt]. The second-order valence-corrected chi connectivity index (χ2v) is 1.15. The van der Waals surface area contributed by atoms with Crippen molar-refractivity contribution in [3.05, 3.63) is 0 Å². The van der Waals surface area contributed by atoms with Crippen LogP contribution in [0.1, 0.15) is 0 Å². The molecule has 0 unspecified atom stereocenters. The first-order valence-corrected chi connectivity index (χ1v) is 1.80. The molecule has 3 nitrogen and oxygen atoms in total. The molecule has 0 radical (unpaired) electrons. The molecule has 1 heterocycles. The minimum Gasteiger partial charge on any atom is -0.141 e. The average Bonchev–Trinajstić information content (AvgIpc) is 1.86. The van der Waals surface area contributed by atoms with Crippen LogP contribution in [0.3, 0.4) is 0 Å². The molecule has 0 saturated heterocycles. The van der Waals surface area contributed by atoms with Gasteiger partial charge in [0, 0.05) is 21.1 Å². The van der Waals surface area contributed by atoms with Gasteiger partial charge >= 0.3 is 6.34 Å². The van der Waals surface area contributed by atoms with E-state index in [2.05, 4.69) is 10.1 Å². The molecule has 1 aliphatic rings. The van der Waals surface area contributed by atoms with Gasteiger partial charge in [-0.3, -0.25) is 0 Å². The molecule has 0 atom stereocenters. The Morgan fingerprint density at radius 3 is 2.57 bits per heavy atom. The predicted molar refractivity (Wildman–Crippen MR) is 22.0 cm³/mol. The zero-order valence-corrected chi connectivity index (χ0v) is 6.21. The molecule has 42 valence electrons. The van der Waals surface area contributed by atoms with E-state index in [0.717, 1.165) is 0 Å². The van der Waals surface area contributed by atoms with Crippen molar-refractivity contribution in [3.63, 3.8) is 0 Å². The Morgan fingerprint density at radius 1 is 1.71 bits per heavy atom. The molecule has 0 amide bonds. The Balaban J connectivity index is 0.000000360. The fraction of sp³-hybridized carbons (Fsp3) is 0.667. The predicted octanol–water partition coefficient (Wildman–Crippen LogP) is 0.0778. The number of rotatable bonds is 0. The van der Waals surface area contributed by atoms with Crippen LogP contribution in [-0.2, 0) is 21.1 Å². The van der Waals surface area contributed by atoms with Gasteiger partial charge in [-0.05, 0) is 0 Å². The fourth-order valence-corrected chi connectivity index (χ4v) is 0.327. The third kappa shape index (κ3) is 1.93. The topological polar surface area (TPSA) is 27.7 Å². The van der Waals surface area contributed by atoms with Crippen LogP contribution in [0, 0.1) is 0 Å². The normalized spacial score (nSPS) is 15.9. The third-order valence-corrected chi connectivity index (χ3v) is 0.617. The van der Waals surface area contributed by atoms with Crippen LogP contribution in [0.15, 0.2) is 10.1 Å². The molecule has 1 rings (SSSR count). The maximum absolute atomic E-state index is 3.85. The van der Waals surface area contributed by atoms with E-state index in [1.807, 2.05) is 7.05 Å². The quantitative estimate of drug-likeness (QED) is 0.562. The maximum atomic E-state index is 3.85. The first kappa shape index (κ1) is 6.96. The van der Waals surface area contributed by atoms with Crippen molar-refractivity contribution < 1.29 is 25.8 Å². The Bertz CT molecular complexity index is 104. The Labute approximate surface area is 56.4 Å². The molecule has 0 aromatic carbocycles. The van der Waals surface area contributed by atoms with E-state index in [4.69, 9.17) is 0 Å². The largest absolute Gasteiger partial charge is 0.302 e. The van der Waals surface area contributed by atoms with Crippen molar-refractivity contribution in [2.24, 2.45) is 10.1 Å². The van der Waals surface area contributed by atoms with Gasteiger partial charge in [-0.25, -0.2) is 0 Å². The monoisotopic (exact) mass is 279 g/mol. The number of aliphatic imine (C=N–C) groups is 1. The smallest absolute Gasteiger partial charge is 0.141 e. The van der Waals surface area contributed by atoms with E-state index in [-0.39, 0.29) is 21.1 Å². The van der Waals surface area contributed by atoms with Crippen molar-refractivity contribution >= 4 is 6.34 Å². The van der Waals surface area contributed by atoms with E-state index in [9.17, 15) is 0 Å². The molecule has 0 aliphatic carbocycles. The van der Waals surface area contributed by atoms with Crippen LogP contribution in [0.25, 0.3) is 0 Å². The zero-order chi connectivity index (χ0) is 4.41. The van der Waals surface area contributed by atoms with Crippen LogP contribution in [0.4, 0.5) is 0 Å². The van der Waals surface area contributed by atoms with Gasteiger partial charge in [0.15, 0.2) is 0 Å². The van der Waals surface area contributed by atoms with Crippen molar-refractivity contribution in [2.45, 2.75) is 0 Å². The zero-order valence-electron chi connectivity index (χ0n) is 3.94. The summed E-state index contributed by atoms with van der Waals surface area (Å²) >= 11 is 0. The van der Waals surface area contributed by atoms with Crippen LogP contribution >= 0.6 is 0 Å². The number of hydrogen-bond acceptors (Lipinski definition) is 2. The van der Waals surface area contributed by atoms with Gasteiger partial charge < -0.3 is 0 Å². The molecule has 0 fully saturated rings. The summed E-state index contributed by atoms with van der Waals surface area (Å²) in [6, 6.07) is 0. The third-order valence-electron chi connectivity index (χ3n) is 0.617. The van der Waals surface area contributed by atoms with E-state index >= 15 is 0 Å². The summed E-state index contributed by atoms with van der Waals surface area (Å²) in [5.74, 6) is 0. The minimum atomic E-state index is 0. The van der Waals surface area contributed by atoms with E-state index < -0.39 is 0 Å². The molecule has 0 aromatic rings. The standard InChI is InChI=1S/C3H6N3.Pt/c1-6-3-4-2-5-6;/h3H,2H2,1H3;/q+1;. The van der Waals surface area contributed by atoms with E-state index in [1.165, 1.54) is 0 Å². The molecule has 1 aliphatic heterocycles. The number of nitrogens with zero attached hydrogens (tertiary/aromatic N) is 3. The van der Waals surface area contributed by atoms with Crippen molar-refractivity contribution in [1.82, 2.24) is 0 Å². The molecular weight excluding hydrogens is 273 g/mol. The van der Waals surface area contributed by atoms with Crippen LogP contribution in [0.2, 0.25) is 0 Å². The summed E-state index contributed by atoms with van der Waals surface area (Å²) in [5, 5.41) is 3.85. The summed E-state index contributed by atoms with van der Waals surface area (Å²) < 4.78 is 1.69. The molecular formula is C3H6N3Pt+. The number of azo groups is 2. The minimum absolute atomic E-state index is 0. The van der Waals surface area contributed by atoms with Crippen LogP contribution < -0.4 is 0 Å². The van der Waals surface area contributed by atoms with Crippen molar-refractivity contribution in [3.8, 4) is 0 Å². The first-order valence-electron chi connectivity index (χ1n) is 1.80. The van der Waals surface area contributed by atoms with Gasteiger partial charge in [-0.15, -0.1) is 4.70 Å². The van der Waals surface area contributed by atoms with Crippen molar-refractivity contribution in [1.29, 1.82) is 0 Å². The van der Waals surface area contributed by atoms with Gasteiger partial charge in [0.25, 0.3) is 6.67 Å². The average molecular weight is 279 g/mol. The van der Waals surface area contributed by atoms with Gasteiger partial charge in [-0.1, -0.05) is 10.1 Å². The molecule has 4 heteroatoms. The van der Waals surface area contributed by atoms with E-state index in [1.54, 1.807) is 11.0 Å². The second kappa shape index (κ2) is 3.03. The summed E-state index contributed by atoms with van der Waals surface area (Å²) in [6.07, 6.45) is 1.69. The van der Waals surface area contributed by atoms with Crippen LogP contribution in [-0.4, -0.2) is 24.8 Å². The summed E-state index contributed by atoms with van der Waals surface area (Å²) in [7, 11) is 1.86. The van der Waals surface area contributed by atoms with Crippen molar-refractivity contribution in [2.75, 3.05) is 13.7 Å². The first-order chi connectivity index (χ1) is 2.89. The Morgan fingerprint density at radius 2 is 2.43 bits per heavy atom. The summed E-state index contributed by atoms with van der Waals surface area (Å²) in [4.78, 5) is 3.80. The Hall–Kier alpha value is -0.0417. The summed E-state index contributed by atoms with van der Waals surface area (Å²) in [6.45, 7) is 0.608. The molecule has 0 aromatic heterocycles. The maximum Gasteiger partial charge on any atom is 0.302 e. The van der Waals surface area contributed by atoms with Gasteiger partial charge in [-0.2, -0.15) is 0 Å². The number of hydrogen-bond donors (Lipinski definition) is 0. The van der Waals surface area contributed by atoms with Crippen LogP contribution in [0.5, 0.6) is 0 Å². The van der Waals surface area contributed by atoms with Gasteiger partial charge in [0.1, 0.15) is 7.05 Å². The molecule has 0 spiro atoms. The molecule has 0 bridgehead atoms. The second-order valence-electron chi connectivity index (χ2n) is 1.15.